The normalized spacial score (nSPS) is 14.4. The molecule has 2 aromatic carbocycles. The number of rotatable bonds is 5. The quantitative estimate of drug-likeness (QED) is 0.824. The van der Waals surface area contributed by atoms with E-state index in [0.717, 1.165) is 31.2 Å². The molecule has 3 rings (SSSR count). The number of hydrogen-bond donors (Lipinski definition) is 2. The van der Waals surface area contributed by atoms with Crippen LogP contribution in [0.3, 0.4) is 0 Å². The van der Waals surface area contributed by atoms with Crippen LogP contribution in [0.2, 0.25) is 0 Å². The van der Waals surface area contributed by atoms with Crippen LogP contribution in [0.1, 0.15) is 48.0 Å². The number of carbonyl (C=O) groups excluding carboxylic acids is 2. The van der Waals surface area contributed by atoms with Crippen LogP contribution in [0.4, 0.5) is 10.5 Å². The largest absolute Gasteiger partial charge is 0.337 e. The van der Waals surface area contributed by atoms with Gasteiger partial charge >= 0.3 is 6.03 Å². The van der Waals surface area contributed by atoms with Gasteiger partial charge in [-0.1, -0.05) is 61.7 Å². The summed E-state index contributed by atoms with van der Waals surface area (Å²) in [5.41, 5.74) is 2.10. The molecule has 27 heavy (non-hydrogen) atoms. The third kappa shape index (κ3) is 5.33. The number of hydrogen-bond acceptors (Lipinski definition) is 2. The fraction of sp³-hybridized carbons (Fsp3) is 0.364. The van der Waals surface area contributed by atoms with Crippen LogP contribution >= 0.6 is 0 Å². The predicted octanol–water partition coefficient (Wildman–Crippen LogP) is 4.41. The van der Waals surface area contributed by atoms with Gasteiger partial charge < -0.3 is 15.5 Å². The Morgan fingerprint density at radius 2 is 1.63 bits per heavy atom. The van der Waals surface area contributed by atoms with Crippen molar-refractivity contribution in [2.75, 3.05) is 12.4 Å². The van der Waals surface area contributed by atoms with Crippen molar-refractivity contribution in [3.05, 3.63) is 65.7 Å². The van der Waals surface area contributed by atoms with Crippen molar-refractivity contribution in [1.82, 2.24) is 10.2 Å². The molecular formula is C22H27N3O2. The molecule has 0 spiro atoms. The molecule has 1 aliphatic rings. The molecule has 5 heteroatoms. The second-order valence-electron chi connectivity index (χ2n) is 7.13. The molecule has 0 bridgehead atoms. The Kier molecular flexibility index (Phi) is 6.47. The molecule has 5 nitrogen and oxygen atoms in total. The summed E-state index contributed by atoms with van der Waals surface area (Å²) in [5, 5.41) is 5.89. The van der Waals surface area contributed by atoms with Gasteiger partial charge in [0, 0.05) is 19.6 Å². The van der Waals surface area contributed by atoms with Gasteiger partial charge in [-0.2, -0.15) is 0 Å². The van der Waals surface area contributed by atoms with E-state index in [1.54, 1.807) is 24.1 Å². The maximum absolute atomic E-state index is 12.9. The Hall–Kier alpha value is -2.82. The lowest BCUT2D eigenvalue weighted by Gasteiger charge is -2.23. The molecule has 1 saturated carbocycles. The number of benzene rings is 2. The van der Waals surface area contributed by atoms with Gasteiger partial charge in [0.2, 0.25) is 0 Å². The summed E-state index contributed by atoms with van der Waals surface area (Å²) in [6.07, 6.45) is 5.60. The van der Waals surface area contributed by atoms with E-state index >= 15 is 0 Å². The topological polar surface area (TPSA) is 61.4 Å². The zero-order chi connectivity index (χ0) is 19.1. The molecule has 2 aromatic rings. The number of nitrogens with zero attached hydrogens (tertiary/aromatic N) is 1. The molecule has 0 saturated heterocycles. The van der Waals surface area contributed by atoms with Crippen molar-refractivity contribution in [3.8, 4) is 0 Å². The van der Waals surface area contributed by atoms with Gasteiger partial charge in [0.05, 0.1) is 11.3 Å². The van der Waals surface area contributed by atoms with Crippen molar-refractivity contribution in [2.24, 2.45) is 0 Å². The third-order valence-electron chi connectivity index (χ3n) is 4.96. The average Bonchev–Trinajstić information content (AvgIpc) is 2.69. The van der Waals surface area contributed by atoms with Crippen LogP contribution in [-0.2, 0) is 6.54 Å². The molecule has 3 amide bonds. The van der Waals surface area contributed by atoms with Gasteiger partial charge in [0.15, 0.2) is 0 Å². The van der Waals surface area contributed by atoms with Crippen LogP contribution in [-0.4, -0.2) is 29.9 Å². The number of urea groups is 1. The van der Waals surface area contributed by atoms with Crippen molar-refractivity contribution in [3.63, 3.8) is 0 Å². The zero-order valence-corrected chi connectivity index (χ0v) is 15.8. The van der Waals surface area contributed by atoms with Gasteiger partial charge in [0.25, 0.3) is 5.91 Å². The van der Waals surface area contributed by atoms with E-state index in [0.29, 0.717) is 17.8 Å². The van der Waals surface area contributed by atoms with Crippen LogP contribution in [0.25, 0.3) is 0 Å². The predicted molar refractivity (Wildman–Crippen MR) is 108 cm³/mol. The SMILES string of the molecule is CN(Cc1ccccc1)C(=O)c1ccccc1NC(=O)NC1CCCCC1. The highest BCUT2D eigenvalue weighted by molar-refractivity contribution is 6.03. The standard InChI is InChI=1S/C22H27N3O2/c1-25(16-17-10-4-2-5-11-17)21(26)19-14-8-9-15-20(19)24-22(27)23-18-12-6-3-7-13-18/h2,4-5,8-11,14-15,18H,3,6-7,12-13,16H2,1H3,(H2,23,24,27). The van der Waals surface area contributed by atoms with Gasteiger partial charge in [-0.3, -0.25) is 4.79 Å². The lowest BCUT2D eigenvalue weighted by atomic mass is 9.96. The molecule has 0 unspecified atom stereocenters. The average molecular weight is 365 g/mol. The van der Waals surface area contributed by atoms with Crippen molar-refractivity contribution < 1.29 is 9.59 Å². The van der Waals surface area contributed by atoms with E-state index in [1.165, 1.54) is 6.42 Å². The monoisotopic (exact) mass is 365 g/mol. The summed E-state index contributed by atoms with van der Waals surface area (Å²) in [5.74, 6) is -0.118. The minimum absolute atomic E-state index is 0.118. The Bertz CT molecular complexity index is 770. The molecule has 2 N–H and O–H groups in total. The smallest absolute Gasteiger partial charge is 0.319 e. The Morgan fingerprint density at radius 1 is 0.963 bits per heavy atom. The first kappa shape index (κ1) is 19.0. The van der Waals surface area contributed by atoms with Gasteiger partial charge in [-0.15, -0.1) is 0 Å². The van der Waals surface area contributed by atoms with Crippen LogP contribution in [0, 0.1) is 0 Å². The van der Waals surface area contributed by atoms with Crippen LogP contribution in [0.5, 0.6) is 0 Å². The first-order chi connectivity index (χ1) is 13.1. The second-order valence-corrected chi connectivity index (χ2v) is 7.13. The third-order valence-corrected chi connectivity index (χ3v) is 4.96. The fourth-order valence-corrected chi connectivity index (χ4v) is 3.50. The highest BCUT2D eigenvalue weighted by Gasteiger charge is 2.19. The number of nitrogens with one attached hydrogen (secondary N) is 2. The Labute approximate surface area is 160 Å². The molecule has 0 aromatic heterocycles. The summed E-state index contributed by atoms with van der Waals surface area (Å²) < 4.78 is 0. The maximum Gasteiger partial charge on any atom is 0.319 e. The molecular weight excluding hydrogens is 338 g/mol. The zero-order valence-electron chi connectivity index (χ0n) is 15.8. The van der Waals surface area contributed by atoms with E-state index in [9.17, 15) is 9.59 Å². The number of anilines is 1. The fourth-order valence-electron chi connectivity index (χ4n) is 3.50. The van der Waals surface area contributed by atoms with Gasteiger partial charge in [-0.05, 0) is 30.5 Å². The number of amides is 3. The van der Waals surface area contributed by atoms with Gasteiger partial charge in [0.1, 0.15) is 0 Å². The molecule has 1 aliphatic carbocycles. The van der Waals surface area contributed by atoms with E-state index < -0.39 is 0 Å². The summed E-state index contributed by atoms with van der Waals surface area (Å²) in [6.45, 7) is 0.516. The summed E-state index contributed by atoms with van der Waals surface area (Å²) in [6, 6.07) is 17.0. The summed E-state index contributed by atoms with van der Waals surface area (Å²) >= 11 is 0. The molecule has 0 atom stereocenters. The highest BCUT2D eigenvalue weighted by atomic mass is 16.2. The lowest BCUT2D eigenvalue weighted by molar-refractivity contribution is 0.0786. The first-order valence-electron chi connectivity index (χ1n) is 9.59. The van der Waals surface area contributed by atoms with Crippen molar-refractivity contribution in [2.45, 2.75) is 44.7 Å². The minimum Gasteiger partial charge on any atom is -0.337 e. The van der Waals surface area contributed by atoms with E-state index in [2.05, 4.69) is 10.6 Å². The van der Waals surface area contributed by atoms with E-state index in [-0.39, 0.29) is 18.0 Å². The van der Waals surface area contributed by atoms with Gasteiger partial charge in [-0.25, -0.2) is 4.79 Å². The highest BCUT2D eigenvalue weighted by Crippen LogP contribution is 2.20. The second kappa shape index (κ2) is 9.21. The van der Waals surface area contributed by atoms with Crippen LogP contribution < -0.4 is 10.6 Å². The summed E-state index contributed by atoms with van der Waals surface area (Å²) in [4.78, 5) is 26.9. The molecule has 142 valence electrons. The lowest BCUT2D eigenvalue weighted by Crippen LogP contribution is -2.39. The van der Waals surface area contributed by atoms with Crippen molar-refractivity contribution >= 4 is 17.6 Å². The minimum atomic E-state index is -0.243. The van der Waals surface area contributed by atoms with E-state index in [1.807, 2.05) is 42.5 Å². The molecule has 1 fully saturated rings. The summed E-state index contributed by atoms with van der Waals surface area (Å²) in [7, 11) is 1.77. The van der Waals surface area contributed by atoms with E-state index in [4.69, 9.17) is 0 Å². The number of carbonyl (C=O) groups is 2. The number of para-hydroxylation sites is 1. The molecule has 0 radical (unpaired) electrons. The first-order valence-corrected chi connectivity index (χ1v) is 9.59. The van der Waals surface area contributed by atoms with Crippen molar-refractivity contribution in [1.29, 1.82) is 0 Å². The Morgan fingerprint density at radius 3 is 2.37 bits per heavy atom. The molecule has 0 aliphatic heterocycles. The molecule has 0 heterocycles. The Balaban J connectivity index is 1.65. The van der Waals surface area contributed by atoms with Crippen LogP contribution in [0.15, 0.2) is 54.6 Å². The maximum atomic E-state index is 12.9.